The summed E-state index contributed by atoms with van der Waals surface area (Å²) in [7, 11) is 0. The molecule has 8 nitrogen and oxygen atoms in total. The molecule has 0 unspecified atom stereocenters. The molecule has 0 aliphatic heterocycles. The first kappa shape index (κ1) is 13.5. The van der Waals surface area contributed by atoms with Gasteiger partial charge in [-0.2, -0.15) is 10.1 Å². The number of hydrogen-bond acceptors (Lipinski definition) is 3. The Balaban J connectivity index is 1.90. The summed E-state index contributed by atoms with van der Waals surface area (Å²) in [5.41, 5.74) is 14.5. The molecule has 2 heterocycles. The number of carbonyl (C=O) groups excluding carboxylic acids is 1. The predicted octanol–water partition coefficient (Wildman–Crippen LogP) is 1.04. The lowest BCUT2D eigenvalue weighted by Crippen LogP contribution is -2.24. The van der Waals surface area contributed by atoms with Crippen molar-refractivity contribution in [2.75, 3.05) is 0 Å². The van der Waals surface area contributed by atoms with Crippen molar-refractivity contribution in [2.24, 2.45) is 16.5 Å². The molecular weight excluding hydrogens is 294 g/mol. The zero-order valence-corrected chi connectivity index (χ0v) is 12.2. The number of guanidine groups is 1. The third-order valence-corrected chi connectivity index (χ3v) is 3.89. The van der Waals surface area contributed by atoms with E-state index in [0.717, 1.165) is 35.3 Å². The molecule has 0 radical (unpaired) electrons. The maximum absolute atomic E-state index is 12.2. The van der Waals surface area contributed by atoms with Crippen molar-refractivity contribution in [3.63, 3.8) is 0 Å². The first-order chi connectivity index (χ1) is 11.1. The molecule has 0 bridgehead atoms. The second kappa shape index (κ2) is 4.94. The number of aromatic nitrogens is 4. The Hall–Kier alpha value is -3.16. The smallest absolute Gasteiger partial charge is 0.283 e. The van der Waals surface area contributed by atoms with Gasteiger partial charge >= 0.3 is 0 Å². The fourth-order valence-electron chi connectivity index (χ4n) is 2.76. The van der Waals surface area contributed by atoms with E-state index in [1.165, 1.54) is 6.20 Å². The molecule has 1 aliphatic rings. The number of benzene rings is 1. The first-order valence-electron chi connectivity index (χ1n) is 7.29. The van der Waals surface area contributed by atoms with Crippen molar-refractivity contribution >= 4 is 22.9 Å². The zero-order valence-electron chi connectivity index (χ0n) is 12.2. The first-order valence-corrected chi connectivity index (χ1v) is 7.29. The summed E-state index contributed by atoms with van der Waals surface area (Å²) in [6.07, 6.45) is 5.20. The van der Waals surface area contributed by atoms with Gasteiger partial charge in [0, 0.05) is 5.92 Å². The minimum absolute atomic E-state index is 0.251. The monoisotopic (exact) mass is 309 g/mol. The topological polar surface area (TPSA) is 128 Å². The average molecular weight is 309 g/mol. The number of carbonyl (C=O) groups is 1. The SMILES string of the molecule is NC(N)=NC(=O)c1cnn(-c2cccc3[nH]cnc23)c1C1CC1. The minimum Gasteiger partial charge on any atom is -0.370 e. The number of H-pyrrole nitrogens is 1. The number of hydrogen-bond donors (Lipinski definition) is 3. The van der Waals surface area contributed by atoms with Crippen molar-refractivity contribution in [1.82, 2.24) is 19.7 Å². The van der Waals surface area contributed by atoms with Crippen LogP contribution in [0.5, 0.6) is 0 Å². The molecule has 8 heteroatoms. The second-order valence-corrected chi connectivity index (χ2v) is 5.55. The number of nitrogens with two attached hydrogens (primary N) is 2. The van der Waals surface area contributed by atoms with Gasteiger partial charge in [0.2, 0.25) is 0 Å². The van der Waals surface area contributed by atoms with Crippen LogP contribution in [0.4, 0.5) is 0 Å². The van der Waals surface area contributed by atoms with Gasteiger partial charge in [-0.3, -0.25) is 4.79 Å². The standard InChI is InChI=1S/C15H15N7O/c16-15(17)21-14(23)9-6-20-22(13(9)8-4-5-8)11-3-1-2-10-12(11)19-7-18-10/h1-3,6-8H,4-5H2,(H,18,19)(H4,16,17,21,23). The number of fused-ring (bicyclic) bond motifs is 1. The van der Waals surface area contributed by atoms with E-state index in [1.54, 1.807) is 11.0 Å². The second-order valence-electron chi connectivity index (χ2n) is 5.55. The maximum Gasteiger partial charge on any atom is 0.283 e. The largest absolute Gasteiger partial charge is 0.370 e. The van der Waals surface area contributed by atoms with Gasteiger partial charge in [0.05, 0.1) is 35.0 Å². The number of nitrogens with zero attached hydrogens (tertiary/aromatic N) is 4. The van der Waals surface area contributed by atoms with Gasteiger partial charge in [-0.15, -0.1) is 0 Å². The Labute approximate surface area is 131 Å². The van der Waals surface area contributed by atoms with Gasteiger partial charge in [-0.05, 0) is 25.0 Å². The Bertz CT molecular complexity index is 928. The number of aromatic amines is 1. The van der Waals surface area contributed by atoms with Gasteiger partial charge in [-0.1, -0.05) is 6.07 Å². The van der Waals surface area contributed by atoms with Crippen LogP contribution in [0.15, 0.2) is 35.7 Å². The fourth-order valence-corrected chi connectivity index (χ4v) is 2.76. The molecule has 1 aliphatic carbocycles. The Kier molecular flexibility index (Phi) is 2.90. The Morgan fingerprint density at radius 1 is 1.35 bits per heavy atom. The summed E-state index contributed by atoms with van der Waals surface area (Å²) < 4.78 is 1.77. The van der Waals surface area contributed by atoms with Crippen LogP contribution in [0.1, 0.15) is 34.8 Å². The van der Waals surface area contributed by atoms with Crippen LogP contribution < -0.4 is 11.5 Å². The van der Waals surface area contributed by atoms with E-state index < -0.39 is 5.91 Å². The van der Waals surface area contributed by atoms with Gasteiger partial charge in [-0.25, -0.2) is 9.67 Å². The molecule has 1 fully saturated rings. The maximum atomic E-state index is 12.2. The highest BCUT2D eigenvalue weighted by atomic mass is 16.1. The summed E-state index contributed by atoms with van der Waals surface area (Å²) in [4.78, 5) is 23.3. The lowest BCUT2D eigenvalue weighted by molar-refractivity contribution is 0.100. The minimum atomic E-state index is -0.465. The summed E-state index contributed by atoms with van der Waals surface area (Å²) in [5.74, 6) is -0.425. The summed E-state index contributed by atoms with van der Waals surface area (Å²) in [6.45, 7) is 0. The number of imidazole rings is 1. The lowest BCUT2D eigenvalue weighted by Gasteiger charge is -2.08. The number of aliphatic imine (C=N–C) groups is 1. The van der Waals surface area contributed by atoms with E-state index in [2.05, 4.69) is 20.1 Å². The van der Waals surface area contributed by atoms with Crippen LogP contribution in [0.25, 0.3) is 16.7 Å². The molecule has 0 atom stereocenters. The lowest BCUT2D eigenvalue weighted by atomic mass is 10.1. The highest BCUT2D eigenvalue weighted by Crippen LogP contribution is 2.43. The molecule has 5 N–H and O–H groups in total. The van der Waals surface area contributed by atoms with E-state index in [4.69, 9.17) is 11.5 Å². The fraction of sp³-hybridized carbons (Fsp3) is 0.200. The number of nitrogens with one attached hydrogen (secondary N) is 1. The van der Waals surface area contributed by atoms with Crippen molar-refractivity contribution in [1.29, 1.82) is 0 Å². The molecule has 0 spiro atoms. The molecule has 0 saturated heterocycles. The molecule has 2 aromatic heterocycles. The van der Waals surface area contributed by atoms with Crippen LogP contribution in [0, 0.1) is 0 Å². The quantitative estimate of drug-likeness (QED) is 0.492. The van der Waals surface area contributed by atoms with Gasteiger partial charge < -0.3 is 16.5 Å². The predicted molar refractivity (Wildman–Crippen MR) is 85.3 cm³/mol. The normalized spacial score (nSPS) is 14.1. The molecule has 3 aromatic rings. The Morgan fingerprint density at radius 3 is 2.91 bits per heavy atom. The van der Waals surface area contributed by atoms with E-state index in [-0.39, 0.29) is 5.96 Å². The summed E-state index contributed by atoms with van der Waals surface area (Å²) in [5, 5.41) is 4.40. The number of para-hydroxylation sites is 1. The van der Waals surface area contributed by atoms with Crippen LogP contribution in [-0.2, 0) is 0 Å². The van der Waals surface area contributed by atoms with Crippen LogP contribution in [-0.4, -0.2) is 31.6 Å². The van der Waals surface area contributed by atoms with Crippen LogP contribution in [0.2, 0.25) is 0 Å². The molecular formula is C15H15N7O. The van der Waals surface area contributed by atoms with E-state index in [1.807, 2.05) is 18.2 Å². The van der Waals surface area contributed by atoms with Crippen molar-refractivity contribution in [3.05, 3.63) is 42.0 Å². The van der Waals surface area contributed by atoms with E-state index >= 15 is 0 Å². The molecule has 1 amide bonds. The third-order valence-electron chi connectivity index (χ3n) is 3.89. The molecule has 116 valence electrons. The van der Waals surface area contributed by atoms with Crippen molar-refractivity contribution in [3.8, 4) is 5.69 Å². The van der Waals surface area contributed by atoms with E-state index in [0.29, 0.717) is 11.5 Å². The molecule has 4 rings (SSSR count). The highest BCUT2D eigenvalue weighted by Gasteiger charge is 2.33. The average Bonchev–Trinajstić information content (AvgIpc) is 3.08. The zero-order chi connectivity index (χ0) is 16.0. The molecule has 23 heavy (non-hydrogen) atoms. The van der Waals surface area contributed by atoms with Crippen LogP contribution in [0.3, 0.4) is 0 Å². The molecule has 1 saturated carbocycles. The van der Waals surface area contributed by atoms with Crippen LogP contribution >= 0.6 is 0 Å². The number of rotatable bonds is 3. The summed E-state index contributed by atoms with van der Waals surface area (Å²) in [6, 6.07) is 5.79. The third kappa shape index (κ3) is 2.24. The van der Waals surface area contributed by atoms with Gasteiger partial charge in [0.15, 0.2) is 5.96 Å². The number of amides is 1. The molecule has 1 aromatic carbocycles. The van der Waals surface area contributed by atoms with Gasteiger partial charge in [0.25, 0.3) is 5.91 Å². The Morgan fingerprint density at radius 2 is 2.17 bits per heavy atom. The summed E-state index contributed by atoms with van der Waals surface area (Å²) >= 11 is 0. The highest BCUT2D eigenvalue weighted by molar-refractivity contribution is 6.02. The van der Waals surface area contributed by atoms with Crippen molar-refractivity contribution < 1.29 is 4.79 Å². The van der Waals surface area contributed by atoms with E-state index in [9.17, 15) is 4.79 Å². The van der Waals surface area contributed by atoms with Crippen molar-refractivity contribution in [2.45, 2.75) is 18.8 Å². The van der Waals surface area contributed by atoms with Gasteiger partial charge in [0.1, 0.15) is 5.52 Å².